The highest BCUT2D eigenvalue weighted by Crippen LogP contribution is 2.41. The fourth-order valence-corrected chi connectivity index (χ4v) is 7.05. The van der Waals surface area contributed by atoms with Gasteiger partial charge in [-0.1, -0.05) is 158 Å². The van der Waals surface area contributed by atoms with Crippen LogP contribution in [0.3, 0.4) is 0 Å². The van der Waals surface area contributed by atoms with Crippen LogP contribution in [-0.2, 0) is 0 Å². The molecule has 0 amide bonds. The van der Waals surface area contributed by atoms with Crippen molar-refractivity contribution in [3.8, 4) is 44.5 Å². The molecule has 0 N–H and O–H groups in total. The molecule has 8 aromatic carbocycles. The molecule has 0 fully saturated rings. The summed E-state index contributed by atoms with van der Waals surface area (Å²) in [5, 5.41) is 2.44. The molecular weight excluding hydrogens is 591 g/mol. The van der Waals surface area contributed by atoms with Crippen molar-refractivity contribution in [3.63, 3.8) is 0 Å². The van der Waals surface area contributed by atoms with Gasteiger partial charge in [-0.2, -0.15) is 0 Å². The van der Waals surface area contributed by atoms with Crippen molar-refractivity contribution in [1.82, 2.24) is 0 Å². The minimum Gasteiger partial charge on any atom is -0.310 e. The van der Waals surface area contributed by atoms with Crippen LogP contribution in [0.5, 0.6) is 0 Å². The smallest absolute Gasteiger partial charge is 0.0540 e. The fraction of sp³-hybridized carbons (Fsp3) is 0.0417. The molecule has 1 heteroatoms. The number of aryl methyl sites for hydroxylation is 2. The van der Waals surface area contributed by atoms with E-state index in [9.17, 15) is 0 Å². The molecule has 49 heavy (non-hydrogen) atoms. The Bertz CT molecular complexity index is 2380. The van der Waals surface area contributed by atoms with Crippen molar-refractivity contribution < 1.29 is 0 Å². The number of hydrogen-bond acceptors (Lipinski definition) is 1. The second kappa shape index (κ2) is 13.1. The van der Waals surface area contributed by atoms with E-state index in [0.29, 0.717) is 0 Å². The summed E-state index contributed by atoms with van der Waals surface area (Å²) in [6.07, 6.45) is 0. The largest absolute Gasteiger partial charge is 0.310 e. The molecule has 1 nitrogen and oxygen atoms in total. The number of benzene rings is 8. The van der Waals surface area contributed by atoms with E-state index in [1.165, 1.54) is 66.4 Å². The highest BCUT2D eigenvalue weighted by molar-refractivity contribution is 5.99. The van der Waals surface area contributed by atoms with E-state index < -0.39 is 0 Å². The lowest BCUT2D eigenvalue weighted by atomic mass is 9.90. The number of anilines is 3. The Morgan fingerprint density at radius 1 is 0.327 bits per heavy atom. The summed E-state index contributed by atoms with van der Waals surface area (Å²) in [6.45, 7) is 4.40. The second-order valence-electron chi connectivity index (χ2n) is 12.7. The average molecular weight is 628 g/mol. The first-order valence-corrected chi connectivity index (χ1v) is 16.9. The summed E-state index contributed by atoms with van der Waals surface area (Å²) in [5.41, 5.74) is 15.8. The molecule has 0 bridgehead atoms. The molecule has 0 unspecified atom stereocenters. The van der Waals surface area contributed by atoms with Gasteiger partial charge in [0.15, 0.2) is 0 Å². The molecule has 0 radical (unpaired) electrons. The van der Waals surface area contributed by atoms with Crippen molar-refractivity contribution in [2.75, 3.05) is 4.90 Å². The van der Waals surface area contributed by atoms with Gasteiger partial charge in [-0.25, -0.2) is 0 Å². The fourth-order valence-electron chi connectivity index (χ4n) is 7.05. The van der Waals surface area contributed by atoms with Crippen molar-refractivity contribution in [1.29, 1.82) is 0 Å². The molecule has 0 saturated carbocycles. The molecular formula is C48H37N. The number of fused-ring (bicyclic) bond motifs is 1. The van der Waals surface area contributed by atoms with Crippen LogP contribution >= 0.6 is 0 Å². The average Bonchev–Trinajstić information content (AvgIpc) is 3.16. The van der Waals surface area contributed by atoms with Crippen LogP contribution in [-0.4, -0.2) is 0 Å². The Balaban J connectivity index is 1.18. The van der Waals surface area contributed by atoms with Gasteiger partial charge >= 0.3 is 0 Å². The SMILES string of the molecule is Cc1ccccc1-c1ccc(-c2ccccc2-c2ccc(N(c3ccc(-c4ccccc4)cc3)c3cccc4ccccc34)cc2)cc1C. The lowest BCUT2D eigenvalue weighted by Gasteiger charge is -2.27. The third kappa shape index (κ3) is 5.92. The minimum atomic E-state index is 1.11. The highest BCUT2D eigenvalue weighted by atomic mass is 15.1. The second-order valence-corrected chi connectivity index (χ2v) is 12.7. The Kier molecular flexibility index (Phi) is 8.09. The van der Waals surface area contributed by atoms with Crippen molar-refractivity contribution in [2.24, 2.45) is 0 Å². The van der Waals surface area contributed by atoms with E-state index in [-0.39, 0.29) is 0 Å². The number of nitrogens with zero attached hydrogens (tertiary/aromatic N) is 1. The van der Waals surface area contributed by atoms with Crippen molar-refractivity contribution in [3.05, 3.63) is 199 Å². The van der Waals surface area contributed by atoms with Gasteiger partial charge < -0.3 is 4.90 Å². The third-order valence-electron chi connectivity index (χ3n) is 9.58. The monoisotopic (exact) mass is 627 g/mol. The van der Waals surface area contributed by atoms with Crippen LogP contribution < -0.4 is 4.90 Å². The van der Waals surface area contributed by atoms with Crippen LogP contribution in [0.4, 0.5) is 17.1 Å². The summed E-state index contributed by atoms with van der Waals surface area (Å²) < 4.78 is 0. The van der Waals surface area contributed by atoms with Crippen LogP contribution in [0.25, 0.3) is 55.3 Å². The first-order chi connectivity index (χ1) is 24.1. The lowest BCUT2D eigenvalue weighted by molar-refractivity contribution is 1.30. The van der Waals surface area contributed by atoms with E-state index >= 15 is 0 Å². The number of rotatable bonds is 7. The van der Waals surface area contributed by atoms with E-state index in [2.05, 4.69) is 207 Å². The summed E-state index contributed by atoms with van der Waals surface area (Å²) in [5.74, 6) is 0. The molecule has 0 spiro atoms. The van der Waals surface area contributed by atoms with Gasteiger partial charge in [0, 0.05) is 16.8 Å². The van der Waals surface area contributed by atoms with E-state index in [4.69, 9.17) is 0 Å². The summed E-state index contributed by atoms with van der Waals surface area (Å²) >= 11 is 0. The molecule has 0 aromatic heterocycles. The topological polar surface area (TPSA) is 3.24 Å². The molecule has 8 rings (SSSR count). The summed E-state index contributed by atoms with van der Waals surface area (Å²) in [7, 11) is 0. The lowest BCUT2D eigenvalue weighted by Crippen LogP contribution is -2.10. The molecule has 0 heterocycles. The minimum absolute atomic E-state index is 1.11. The normalized spacial score (nSPS) is 11.1. The van der Waals surface area contributed by atoms with Gasteiger partial charge in [0.05, 0.1) is 5.69 Å². The van der Waals surface area contributed by atoms with Crippen LogP contribution in [0.15, 0.2) is 188 Å². The van der Waals surface area contributed by atoms with Crippen LogP contribution in [0, 0.1) is 13.8 Å². The number of hydrogen-bond donors (Lipinski definition) is 0. The Morgan fingerprint density at radius 2 is 0.837 bits per heavy atom. The van der Waals surface area contributed by atoms with Crippen LogP contribution in [0.2, 0.25) is 0 Å². The van der Waals surface area contributed by atoms with Crippen LogP contribution in [0.1, 0.15) is 11.1 Å². The molecule has 8 aromatic rings. The summed E-state index contributed by atoms with van der Waals surface area (Å²) in [4.78, 5) is 2.38. The maximum atomic E-state index is 2.38. The van der Waals surface area contributed by atoms with E-state index in [1.54, 1.807) is 0 Å². The van der Waals surface area contributed by atoms with E-state index in [0.717, 1.165) is 17.1 Å². The predicted octanol–water partition coefficient (Wildman–Crippen LogP) is 13.6. The third-order valence-corrected chi connectivity index (χ3v) is 9.58. The molecule has 0 atom stereocenters. The van der Waals surface area contributed by atoms with E-state index in [1.807, 2.05) is 0 Å². The van der Waals surface area contributed by atoms with Gasteiger partial charge in [0.25, 0.3) is 0 Å². The zero-order valence-corrected chi connectivity index (χ0v) is 27.8. The Labute approximate surface area is 289 Å². The Hall–Kier alpha value is -6.18. The molecule has 0 aliphatic heterocycles. The highest BCUT2D eigenvalue weighted by Gasteiger charge is 2.17. The predicted molar refractivity (Wildman–Crippen MR) is 210 cm³/mol. The summed E-state index contributed by atoms with van der Waals surface area (Å²) in [6, 6.07) is 67.9. The zero-order valence-electron chi connectivity index (χ0n) is 27.8. The molecule has 0 aliphatic carbocycles. The molecule has 234 valence electrons. The maximum absolute atomic E-state index is 2.38. The van der Waals surface area contributed by atoms with Gasteiger partial charge in [-0.15, -0.1) is 0 Å². The zero-order chi connectivity index (χ0) is 33.2. The Morgan fingerprint density at radius 3 is 1.53 bits per heavy atom. The first-order valence-electron chi connectivity index (χ1n) is 16.9. The molecule has 0 aliphatic rings. The van der Waals surface area contributed by atoms with Gasteiger partial charge in [0.1, 0.15) is 0 Å². The van der Waals surface area contributed by atoms with Gasteiger partial charge in [-0.3, -0.25) is 0 Å². The standard InChI is InChI=1S/C48H37N/c1-34-13-6-8-18-43(34)44-32-27-40(33-35(44)2)46-20-11-10-19-45(46)39-25-30-42(31-26-39)49(48-22-12-17-38-16-7-9-21-47(38)48)41-28-23-37(24-29-41)36-14-4-3-5-15-36/h3-33H,1-2H3. The first kappa shape index (κ1) is 30.2. The van der Waals surface area contributed by atoms with Crippen molar-refractivity contribution in [2.45, 2.75) is 13.8 Å². The molecule has 0 saturated heterocycles. The quantitative estimate of drug-likeness (QED) is 0.170. The van der Waals surface area contributed by atoms with Gasteiger partial charge in [-0.05, 0) is 105 Å². The van der Waals surface area contributed by atoms with Gasteiger partial charge in [0.2, 0.25) is 0 Å². The van der Waals surface area contributed by atoms with Crippen molar-refractivity contribution >= 4 is 27.8 Å². The maximum Gasteiger partial charge on any atom is 0.0540 e.